The molecule has 8 heteroatoms. The molecule has 1 nitrogen and oxygen atoms in total. The van der Waals surface area contributed by atoms with Gasteiger partial charge in [0, 0.05) is 19.5 Å². The second-order valence-corrected chi connectivity index (χ2v) is 18.5. The van der Waals surface area contributed by atoms with E-state index in [1.54, 1.807) is 0 Å². The third-order valence-electron chi connectivity index (χ3n) is 7.34. The molecule has 0 fully saturated rings. The van der Waals surface area contributed by atoms with Gasteiger partial charge in [-0.3, -0.25) is 4.79 Å². The predicted molar refractivity (Wildman–Crippen MR) is 200 cm³/mol. The molecule has 0 aliphatic carbocycles. The quantitative estimate of drug-likeness (QED) is 0.111. The molecule has 4 aromatic rings. The highest BCUT2D eigenvalue weighted by Crippen LogP contribution is 2.42. The molecule has 0 radical (unpaired) electrons. The van der Waals surface area contributed by atoms with Gasteiger partial charge in [0.2, 0.25) is 0 Å². The van der Waals surface area contributed by atoms with Gasteiger partial charge in [0.25, 0.3) is 4.06 Å². The number of thiophene rings is 3. The topological polar surface area (TPSA) is 17.1 Å². The minimum Gasteiger partial charge on any atom is -0.265 e. The van der Waals surface area contributed by atoms with Crippen LogP contribution in [0.15, 0.2) is 12.4 Å². The third-order valence-corrected chi connectivity index (χ3v) is 14.9. The Morgan fingerprint density at radius 2 is 0.829 bits per heavy atom. The van der Waals surface area contributed by atoms with Crippen LogP contribution in [0.4, 0.5) is 0 Å². The second-order valence-electron chi connectivity index (χ2n) is 10.4. The number of rotatable bonds is 16. The van der Waals surface area contributed by atoms with E-state index < -0.39 is 0 Å². The van der Waals surface area contributed by atoms with Gasteiger partial charge in [0.15, 0.2) is 0 Å². The summed E-state index contributed by atoms with van der Waals surface area (Å²) < 4.78 is 5.04. The molecule has 0 bridgehead atoms. The van der Waals surface area contributed by atoms with E-state index in [9.17, 15) is 4.79 Å². The third kappa shape index (κ3) is 8.43. The lowest BCUT2D eigenvalue weighted by Gasteiger charge is -2.05. The molecule has 0 spiro atoms. The molecule has 0 saturated carbocycles. The minimum absolute atomic E-state index is 0.181. The zero-order valence-electron chi connectivity index (χ0n) is 24.5. The first kappa shape index (κ1) is 33.5. The monoisotopic (exact) mass is 770 g/mol. The van der Waals surface area contributed by atoms with Gasteiger partial charge in [-0.15, -0.1) is 34.0 Å². The molecule has 41 heavy (non-hydrogen) atoms. The first-order valence-electron chi connectivity index (χ1n) is 14.9. The molecule has 0 saturated heterocycles. The summed E-state index contributed by atoms with van der Waals surface area (Å²) in [6.07, 6.45) is 23.4. The van der Waals surface area contributed by atoms with Gasteiger partial charge in [0.1, 0.15) is 0 Å². The molecule has 0 aliphatic heterocycles. The number of hydrogen-bond acceptors (Lipinski definition) is 6. The van der Waals surface area contributed by atoms with Crippen LogP contribution < -0.4 is 4.06 Å². The van der Waals surface area contributed by atoms with Crippen molar-refractivity contribution in [3.8, 4) is 0 Å². The number of halogens is 2. The Labute approximate surface area is 282 Å². The summed E-state index contributed by atoms with van der Waals surface area (Å²) in [5, 5.41) is 0. The van der Waals surface area contributed by atoms with Crippen molar-refractivity contribution >= 4 is 122 Å². The molecule has 4 heterocycles. The van der Waals surface area contributed by atoms with E-state index in [4.69, 9.17) is 0 Å². The van der Waals surface area contributed by atoms with Crippen LogP contribution in [0.3, 0.4) is 0 Å². The lowest BCUT2D eigenvalue weighted by atomic mass is 10.0. The van der Waals surface area contributed by atoms with E-state index >= 15 is 0 Å². The summed E-state index contributed by atoms with van der Waals surface area (Å²) in [4.78, 5) is 17.7. The maximum Gasteiger partial charge on any atom is 0.288 e. The molecule has 222 valence electrons. The zero-order valence-corrected chi connectivity index (χ0v) is 31.8. The van der Waals surface area contributed by atoms with Gasteiger partial charge in [-0.2, -0.15) is 0 Å². The fourth-order valence-corrected chi connectivity index (χ4v) is 12.5. The largest absolute Gasteiger partial charge is 0.288 e. The minimum atomic E-state index is 0.181. The molecular formula is C33H40Br2OS5. The van der Waals surface area contributed by atoms with E-state index in [0.717, 1.165) is 35.1 Å². The van der Waals surface area contributed by atoms with Crippen LogP contribution in [0, 0.1) is 0 Å². The molecular weight excluding hydrogens is 733 g/mol. The van der Waals surface area contributed by atoms with Gasteiger partial charge >= 0.3 is 0 Å². The molecule has 0 N–H and O–H groups in total. The maximum atomic E-state index is 12.5. The van der Waals surface area contributed by atoms with Crippen molar-refractivity contribution in [2.45, 2.75) is 105 Å². The lowest BCUT2D eigenvalue weighted by Crippen LogP contribution is -1.93. The Bertz CT molecular complexity index is 1430. The molecule has 0 aromatic carbocycles. The fourth-order valence-electron chi connectivity index (χ4n) is 5.04. The predicted octanol–water partition coefficient (Wildman–Crippen LogP) is 13.7. The highest BCUT2D eigenvalue weighted by atomic mass is 79.9. The summed E-state index contributed by atoms with van der Waals surface area (Å²) >= 11 is 16.1. The summed E-state index contributed by atoms with van der Waals surface area (Å²) in [7, 11) is 0. The summed E-state index contributed by atoms with van der Waals surface area (Å²) in [5.74, 6) is 0. The van der Waals surface area contributed by atoms with Crippen LogP contribution in [-0.2, 0) is 25.7 Å². The van der Waals surface area contributed by atoms with E-state index in [-0.39, 0.29) is 4.06 Å². The Balaban J connectivity index is 1.68. The van der Waals surface area contributed by atoms with Gasteiger partial charge < -0.3 is 0 Å². The van der Waals surface area contributed by atoms with Gasteiger partial charge in [-0.1, -0.05) is 76.1 Å². The Morgan fingerprint density at radius 3 is 1.20 bits per heavy atom. The first-order chi connectivity index (χ1) is 19.9. The number of hydrogen-bond donors (Lipinski definition) is 0. The molecule has 0 atom stereocenters. The van der Waals surface area contributed by atoms with E-state index in [2.05, 4.69) is 83.9 Å². The Morgan fingerprint density at radius 1 is 0.488 bits per heavy atom. The SMILES string of the molecule is CCCCc1c(Br)sc(/C=C/c2sc(/C=C/c3sc(Br)c(CCCC)c3CCCC)c3sc(=O)sc23)c1CCCC. The highest BCUT2D eigenvalue weighted by Gasteiger charge is 2.18. The van der Waals surface area contributed by atoms with Crippen LogP contribution in [0.25, 0.3) is 33.7 Å². The molecule has 4 aromatic heterocycles. The van der Waals surface area contributed by atoms with Crippen LogP contribution in [0.2, 0.25) is 0 Å². The van der Waals surface area contributed by atoms with Crippen molar-refractivity contribution in [2.24, 2.45) is 0 Å². The smallest absolute Gasteiger partial charge is 0.265 e. The van der Waals surface area contributed by atoms with Crippen molar-refractivity contribution in [3.63, 3.8) is 0 Å². The first-order valence-corrected chi connectivity index (χ1v) is 20.6. The van der Waals surface area contributed by atoms with Crippen LogP contribution in [-0.4, -0.2) is 0 Å². The highest BCUT2D eigenvalue weighted by molar-refractivity contribution is 9.11. The van der Waals surface area contributed by atoms with E-state index in [1.165, 1.54) is 123 Å². The number of fused-ring (bicyclic) bond motifs is 1. The van der Waals surface area contributed by atoms with Crippen molar-refractivity contribution in [1.82, 2.24) is 0 Å². The average Bonchev–Trinajstić information content (AvgIpc) is 3.66. The molecule has 0 unspecified atom stereocenters. The summed E-state index contributed by atoms with van der Waals surface area (Å²) in [6.45, 7) is 9.07. The second kappa shape index (κ2) is 16.6. The normalized spacial score (nSPS) is 12.2. The van der Waals surface area contributed by atoms with Crippen molar-refractivity contribution in [2.75, 3.05) is 0 Å². The van der Waals surface area contributed by atoms with Crippen LogP contribution in [0.1, 0.15) is 121 Å². The Kier molecular flexibility index (Phi) is 13.6. The number of unbranched alkanes of at least 4 members (excludes halogenated alkanes) is 4. The van der Waals surface area contributed by atoms with Crippen molar-refractivity contribution in [3.05, 3.63) is 58.2 Å². The lowest BCUT2D eigenvalue weighted by molar-refractivity contribution is 0.760. The Hall–Kier alpha value is -0.350. The zero-order chi connectivity index (χ0) is 29.4. The summed E-state index contributed by atoms with van der Waals surface area (Å²) in [5.41, 5.74) is 6.04. The van der Waals surface area contributed by atoms with Gasteiger partial charge in [0.05, 0.1) is 17.0 Å². The van der Waals surface area contributed by atoms with Crippen molar-refractivity contribution in [1.29, 1.82) is 0 Å². The van der Waals surface area contributed by atoms with Gasteiger partial charge in [-0.25, -0.2) is 0 Å². The van der Waals surface area contributed by atoms with Crippen LogP contribution in [0.5, 0.6) is 0 Å². The standard InChI is InChI=1S/C33H40Br2OS5/c1-5-9-13-21-23(15-11-7-3)31(34)38-25(21)17-19-27-29-30(41-33(36)40-29)28(37-27)20-18-26-22(14-10-6-2)24(16-12-8-4)32(35)39-26/h17-20H,5-16H2,1-4H3/b19-17+,20-18+. The summed E-state index contributed by atoms with van der Waals surface area (Å²) in [6, 6.07) is 0. The van der Waals surface area contributed by atoms with E-state index in [0.29, 0.717) is 0 Å². The average molecular weight is 773 g/mol. The molecule has 0 amide bonds. The maximum absolute atomic E-state index is 12.5. The van der Waals surface area contributed by atoms with Crippen molar-refractivity contribution < 1.29 is 0 Å². The molecule has 0 aliphatic rings. The van der Waals surface area contributed by atoms with Crippen LogP contribution >= 0.6 is 88.5 Å². The van der Waals surface area contributed by atoms with E-state index in [1.807, 2.05) is 34.0 Å². The fraction of sp³-hybridized carbons (Fsp3) is 0.485. The van der Waals surface area contributed by atoms with Gasteiger partial charge in [-0.05, 0) is 130 Å². The molecule has 4 rings (SSSR count).